The van der Waals surface area contributed by atoms with Gasteiger partial charge in [0.05, 0.1) is 0 Å². The van der Waals surface area contributed by atoms with Gasteiger partial charge >= 0.3 is 5.97 Å². The number of carboxylic acid groups (broad SMARTS) is 1. The molecule has 0 amide bonds. The van der Waals surface area contributed by atoms with E-state index >= 15 is 0 Å². The lowest BCUT2D eigenvalue weighted by molar-refractivity contribution is -0.144. The predicted molar refractivity (Wildman–Crippen MR) is 118 cm³/mol. The number of rotatable bonds is 7. The van der Waals surface area contributed by atoms with Crippen LogP contribution < -0.4 is 5.32 Å². The second-order valence-corrected chi connectivity index (χ2v) is 7.63. The molecule has 1 aliphatic rings. The maximum absolute atomic E-state index is 11.6. The molecule has 0 saturated carbocycles. The first-order valence-electron chi connectivity index (χ1n) is 9.62. The van der Waals surface area contributed by atoms with Crippen molar-refractivity contribution in [2.75, 3.05) is 19.6 Å². The first-order chi connectivity index (χ1) is 13.1. The Morgan fingerprint density at radius 2 is 1.79 bits per heavy atom. The van der Waals surface area contributed by atoms with Crippen LogP contribution in [-0.4, -0.2) is 47.7 Å². The zero-order valence-electron chi connectivity index (χ0n) is 16.1. The van der Waals surface area contributed by atoms with Crippen LogP contribution in [0.25, 0.3) is 11.1 Å². The van der Waals surface area contributed by atoms with Crippen LogP contribution in [0.5, 0.6) is 0 Å². The molecule has 152 valence electrons. The summed E-state index contributed by atoms with van der Waals surface area (Å²) < 4.78 is 0. The van der Waals surface area contributed by atoms with Crippen LogP contribution >= 0.6 is 24.0 Å². The van der Waals surface area contributed by atoms with Crippen molar-refractivity contribution < 1.29 is 9.90 Å². The van der Waals surface area contributed by atoms with E-state index in [-0.39, 0.29) is 24.5 Å². The van der Waals surface area contributed by atoms with Crippen LogP contribution in [0.4, 0.5) is 0 Å². The Balaban J connectivity index is 0.00000280. The van der Waals surface area contributed by atoms with Gasteiger partial charge in [0.25, 0.3) is 0 Å². The molecule has 0 bridgehead atoms. The quantitative estimate of drug-likeness (QED) is 0.689. The topological polar surface area (TPSA) is 52.6 Å². The van der Waals surface area contributed by atoms with Gasteiger partial charge in [0.1, 0.15) is 6.04 Å². The zero-order chi connectivity index (χ0) is 19.2. The average Bonchev–Trinajstić information content (AvgIpc) is 2.67. The molecule has 1 unspecified atom stereocenters. The van der Waals surface area contributed by atoms with E-state index in [9.17, 15) is 9.90 Å². The molecule has 2 atom stereocenters. The average molecular weight is 423 g/mol. The van der Waals surface area contributed by atoms with Gasteiger partial charge in [-0.15, -0.1) is 12.4 Å². The Hall–Kier alpha value is -1.59. The lowest BCUT2D eigenvalue weighted by Gasteiger charge is -2.37. The highest BCUT2D eigenvalue weighted by atomic mass is 35.5. The maximum Gasteiger partial charge on any atom is 0.320 e. The summed E-state index contributed by atoms with van der Waals surface area (Å²) in [7, 11) is 0. The van der Waals surface area contributed by atoms with Gasteiger partial charge in [-0.1, -0.05) is 61.3 Å². The number of aliphatic carboxylic acids is 1. The summed E-state index contributed by atoms with van der Waals surface area (Å²) in [5, 5.41) is 13.8. The Morgan fingerprint density at radius 1 is 1.18 bits per heavy atom. The van der Waals surface area contributed by atoms with Gasteiger partial charge in [0, 0.05) is 30.7 Å². The molecule has 4 nitrogen and oxygen atoms in total. The molecule has 2 aromatic rings. The first-order valence-corrected chi connectivity index (χ1v) is 9.99. The second-order valence-electron chi connectivity index (χ2n) is 7.20. The molecule has 2 N–H and O–H groups in total. The molecular weight excluding hydrogens is 395 g/mol. The van der Waals surface area contributed by atoms with Crippen LogP contribution in [-0.2, 0) is 11.2 Å². The molecule has 3 rings (SSSR count). The van der Waals surface area contributed by atoms with E-state index in [0.29, 0.717) is 6.42 Å². The van der Waals surface area contributed by atoms with Crippen molar-refractivity contribution in [3.63, 3.8) is 0 Å². The summed E-state index contributed by atoms with van der Waals surface area (Å²) in [6, 6.07) is 16.4. The highest BCUT2D eigenvalue weighted by Crippen LogP contribution is 2.22. The largest absolute Gasteiger partial charge is 0.480 e. The number of halogens is 2. The zero-order valence-corrected chi connectivity index (χ0v) is 17.7. The number of hydrogen-bond acceptors (Lipinski definition) is 3. The smallest absolute Gasteiger partial charge is 0.320 e. The number of nitrogens with one attached hydrogen (secondary N) is 1. The molecule has 0 spiro atoms. The van der Waals surface area contributed by atoms with Crippen molar-refractivity contribution in [1.29, 1.82) is 0 Å². The van der Waals surface area contributed by atoms with E-state index in [1.165, 1.54) is 11.1 Å². The summed E-state index contributed by atoms with van der Waals surface area (Å²) in [5.74, 6) is -0.704. The van der Waals surface area contributed by atoms with E-state index in [0.717, 1.165) is 43.1 Å². The number of carboxylic acids is 1. The van der Waals surface area contributed by atoms with Gasteiger partial charge in [0.2, 0.25) is 0 Å². The van der Waals surface area contributed by atoms with Gasteiger partial charge in [-0.05, 0) is 41.7 Å². The molecule has 6 heteroatoms. The predicted octanol–water partition coefficient (Wildman–Crippen LogP) is 4.50. The summed E-state index contributed by atoms with van der Waals surface area (Å²) in [5.41, 5.74) is 3.58. The SMILES string of the molecule is CCC[C@H](C(=O)O)N1CCNC(Cc2ccc(-c3ccc(Cl)cc3)cc2)C1.Cl. The highest BCUT2D eigenvalue weighted by molar-refractivity contribution is 6.30. The number of piperazine rings is 1. The third kappa shape index (κ3) is 5.95. The summed E-state index contributed by atoms with van der Waals surface area (Å²) >= 11 is 5.96. The molecule has 1 heterocycles. The van der Waals surface area contributed by atoms with Crippen molar-refractivity contribution >= 4 is 30.0 Å². The minimum Gasteiger partial charge on any atom is -0.480 e. The monoisotopic (exact) mass is 422 g/mol. The number of benzene rings is 2. The van der Waals surface area contributed by atoms with Gasteiger partial charge in [0.15, 0.2) is 0 Å². The maximum atomic E-state index is 11.6. The lowest BCUT2D eigenvalue weighted by atomic mass is 9.99. The standard InChI is InChI=1S/C22H27ClN2O2.ClH/c1-2-3-21(22(26)27)25-13-12-24-20(15-25)14-16-4-6-17(7-5-16)18-8-10-19(23)11-9-18;/h4-11,20-21,24H,2-3,12-15H2,1H3,(H,26,27);1H/t20?,21-;/m1./s1. The third-order valence-electron chi connectivity index (χ3n) is 5.19. The van der Waals surface area contributed by atoms with Crippen LogP contribution in [0.1, 0.15) is 25.3 Å². The summed E-state index contributed by atoms with van der Waals surface area (Å²) in [6.45, 7) is 4.44. The van der Waals surface area contributed by atoms with Gasteiger partial charge in [-0.3, -0.25) is 9.69 Å². The molecule has 0 radical (unpaired) electrons. The van der Waals surface area contributed by atoms with Crippen LogP contribution in [0.3, 0.4) is 0 Å². The molecular formula is C22H28Cl2N2O2. The molecule has 1 fully saturated rings. The Kier molecular flexibility index (Phi) is 8.77. The molecule has 2 aromatic carbocycles. The first kappa shape index (κ1) is 22.7. The Morgan fingerprint density at radius 3 is 2.36 bits per heavy atom. The second kappa shape index (κ2) is 10.8. The fraction of sp³-hybridized carbons (Fsp3) is 0.409. The number of carbonyl (C=O) groups is 1. The van der Waals surface area contributed by atoms with Crippen LogP contribution in [0, 0.1) is 0 Å². The van der Waals surface area contributed by atoms with Gasteiger partial charge in [-0.25, -0.2) is 0 Å². The molecule has 1 aliphatic heterocycles. The van der Waals surface area contributed by atoms with E-state index in [2.05, 4.69) is 34.5 Å². The molecule has 0 aromatic heterocycles. The van der Waals surface area contributed by atoms with Crippen molar-refractivity contribution in [2.45, 2.75) is 38.3 Å². The molecule has 1 saturated heterocycles. The molecule has 28 heavy (non-hydrogen) atoms. The van der Waals surface area contributed by atoms with Crippen molar-refractivity contribution in [3.8, 4) is 11.1 Å². The Labute approximate surface area is 178 Å². The fourth-order valence-corrected chi connectivity index (χ4v) is 3.89. The molecule has 0 aliphatic carbocycles. The van der Waals surface area contributed by atoms with Crippen LogP contribution in [0.2, 0.25) is 5.02 Å². The van der Waals surface area contributed by atoms with Crippen molar-refractivity contribution in [3.05, 3.63) is 59.1 Å². The van der Waals surface area contributed by atoms with Crippen molar-refractivity contribution in [1.82, 2.24) is 10.2 Å². The highest BCUT2D eigenvalue weighted by Gasteiger charge is 2.29. The van der Waals surface area contributed by atoms with E-state index in [4.69, 9.17) is 11.6 Å². The number of nitrogens with zero attached hydrogens (tertiary/aromatic N) is 1. The lowest BCUT2D eigenvalue weighted by Crippen LogP contribution is -2.56. The van der Waals surface area contributed by atoms with E-state index in [1.807, 2.05) is 31.2 Å². The normalized spacial score (nSPS) is 18.3. The summed E-state index contributed by atoms with van der Waals surface area (Å²) in [4.78, 5) is 13.7. The minimum absolute atomic E-state index is 0. The van der Waals surface area contributed by atoms with Crippen LogP contribution in [0.15, 0.2) is 48.5 Å². The fourth-order valence-electron chi connectivity index (χ4n) is 3.77. The van der Waals surface area contributed by atoms with Crippen molar-refractivity contribution in [2.24, 2.45) is 0 Å². The minimum atomic E-state index is -0.704. The van der Waals surface area contributed by atoms with Gasteiger partial charge in [-0.2, -0.15) is 0 Å². The number of hydrogen-bond donors (Lipinski definition) is 2. The van der Waals surface area contributed by atoms with E-state index < -0.39 is 5.97 Å². The Bertz CT molecular complexity index is 750. The van der Waals surface area contributed by atoms with E-state index in [1.54, 1.807) is 0 Å². The summed E-state index contributed by atoms with van der Waals surface area (Å²) in [6.07, 6.45) is 2.49. The third-order valence-corrected chi connectivity index (χ3v) is 5.44. The van der Waals surface area contributed by atoms with Gasteiger partial charge < -0.3 is 10.4 Å².